The van der Waals surface area contributed by atoms with Crippen LogP contribution in [0.2, 0.25) is 0 Å². The lowest BCUT2D eigenvalue weighted by atomic mass is 9.85. The molecule has 0 aromatic heterocycles. The maximum atomic E-state index is 12.1. The number of nitrogens with zero attached hydrogens (tertiary/aromatic N) is 1. The summed E-state index contributed by atoms with van der Waals surface area (Å²) in [6, 6.07) is 0. The molecule has 4 heteroatoms. The van der Waals surface area contributed by atoms with Crippen LogP contribution in [0.3, 0.4) is 0 Å². The van der Waals surface area contributed by atoms with Crippen molar-refractivity contribution in [3.8, 4) is 0 Å². The molecule has 2 aliphatic carbocycles. The van der Waals surface area contributed by atoms with Gasteiger partial charge in [-0.1, -0.05) is 12.2 Å². The van der Waals surface area contributed by atoms with Gasteiger partial charge in [0.1, 0.15) is 11.8 Å². The Bertz CT molecular complexity index is 398. The molecule has 18 heavy (non-hydrogen) atoms. The highest BCUT2D eigenvalue weighted by Crippen LogP contribution is 2.53. The fourth-order valence-corrected chi connectivity index (χ4v) is 3.71. The van der Waals surface area contributed by atoms with E-state index >= 15 is 0 Å². The monoisotopic (exact) mass is 251 g/mol. The minimum Gasteiger partial charge on any atom is -0.444 e. The van der Waals surface area contributed by atoms with Gasteiger partial charge < -0.3 is 9.84 Å². The van der Waals surface area contributed by atoms with E-state index in [9.17, 15) is 9.90 Å². The summed E-state index contributed by atoms with van der Waals surface area (Å²) in [5.41, 5.74) is -0.508. The van der Waals surface area contributed by atoms with Crippen LogP contribution in [0.5, 0.6) is 0 Å². The summed E-state index contributed by atoms with van der Waals surface area (Å²) in [4.78, 5) is 13.6. The molecule has 1 saturated carbocycles. The zero-order valence-electron chi connectivity index (χ0n) is 11.2. The van der Waals surface area contributed by atoms with Crippen LogP contribution in [0.4, 0.5) is 4.79 Å². The van der Waals surface area contributed by atoms with Crippen molar-refractivity contribution in [2.45, 2.75) is 39.0 Å². The fraction of sp³-hybridized carbons (Fsp3) is 0.786. The van der Waals surface area contributed by atoms with Crippen molar-refractivity contribution in [1.29, 1.82) is 0 Å². The first kappa shape index (κ1) is 12.0. The minimum atomic E-state index is -0.676. The number of aliphatic hydroxyl groups is 1. The van der Waals surface area contributed by atoms with E-state index in [2.05, 4.69) is 12.2 Å². The third kappa shape index (κ3) is 1.74. The highest BCUT2D eigenvalue weighted by atomic mass is 16.6. The first-order valence-electron chi connectivity index (χ1n) is 6.73. The van der Waals surface area contributed by atoms with Crippen LogP contribution in [0.25, 0.3) is 0 Å². The zero-order valence-corrected chi connectivity index (χ0v) is 11.2. The summed E-state index contributed by atoms with van der Waals surface area (Å²) < 4.78 is 5.35. The van der Waals surface area contributed by atoms with Crippen LogP contribution in [-0.2, 0) is 4.74 Å². The average Bonchev–Trinajstić information content (AvgIpc) is 2.87. The average molecular weight is 251 g/mol. The van der Waals surface area contributed by atoms with Crippen molar-refractivity contribution in [3.63, 3.8) is 0 Å². The van der Waals surface area contributed by atoms with E-state index < -0.39 is 11.8 Å². The van der Waals surface area contributed by atoms with Gasteiger partial charge in [0.05, 0.1) is 0 Å². The second-order valence-electron chi connectivity index (χ2n) is 6.74. The van der Waals surface area contributed by atoms with E-state index in [4.69, 9.17) is 4.74 Å². The van der Waals surface area contributed by atoms with Crippen molar-refractivity contribution in [2.75, 3.05) is 6.54 Å². The molecule has 2 fully saturated rings. The third-order valence-electron chi connectivity index (χ3n) is 4.39. The van der Waals surface area contributed by atoms with Crippen molar-refractivity contribution in [1.82, 2.24) is 4.90 Å². The summed E-state index contributed by atoms with van der Waals surface area (Å²) in [5, 5.41) is 10.3. The zero-order chi connectivity index (χ0) is 13.1. The van der Waals surface area contributed by atoms with Crippen molar-refractivity contribution in [2.24, 2.45) is 23.7 Å². The molecule has 0 radical (unpaired) electrons. The van der Waals surface area contributed by atoms with Crippen LogP contribution in [0.15, 0.2) is 12.2 Å². The molecular weight excluding hydrogens is 230 g/mol. The molecule has 4 nitrogen and oxygen atoms in total. The number of allylic oxidation sites excluding steroid dienone is 2. The molecule has 0 spiro atoms. The topological polar surface area (TPSA) is 49.8 Å². The first-order chi connectivity index (χ1) is 8.37. The molecule has 3 aliphatic rings. The lowest BCUT2D eigenvalue weighted by Crippen LogP contribution is -2.42. The Morgan fingerprint density at radius 3 is 2.61 bits per heavy atom. The van der Waals surface area contributed by atoms with E-state index in [1.807, 2.05) is 20.8 Å². The number of carbonyl (C=O) groups excluding carboxylic acids is 1. The van der Waals surface area contributed by atoms with Crippen molar-refractivity contribution < 1.29 is 14.6 Å². The predicted octanol–water partition coefficient (Wildman–Crippen LogP) is 1.99. The lowest BCUT2D eigenvalue weighted by molar-refractivity contribution is -0.0297. The van der Waals surface area contributed by atoms with Gasteiger partial charge in [0.25, 0.3) is 0 Å². The number of ether oxygens (including phenoxy) is 1. The normalized spacial score (nSPS) is 41.3. The summed E-state index contributed by atoms with van der Waals surface area (Å²) in [6.45, 7) is 6.17. The fourth-order valence-electron chi connectivity index (χ4n) is 3.71. The number of aliphatic hydroxyl groups excluding tert-OH is 1. The number of likely N-dealkylation sites (tertiary alicyclic amines) is 1. The Balaban J connectivity index is 1.72. The molecule has 1 N–H and O–H groups in total. The SMILES string of the molecule is CC(C)(C)OC(=O)N1CC2C3C=CC(C3)C2C1O. The molecule has 0 aromatic carbocycles. The van der Waals surface area contributed by atoms with Crippen LogP contribution in [0.1, 0.15) is 27.2 Å². The second kappa shape index (κ2) is 3.73. The first-order valence-corrected chi connectivity index (χ1v) is 6.73. The Morgan fingerprint density at radius 2 is 2.00 bits per heavy atom. The van der Waals surface area contributed by atoms with E-state index in [1.54, 1.807) is 0 Å². The Hall–Kier alpha value is -1.03. The van der Waals surface area contributed by atoms with Gasteiger partial charge >= 0.3 is 6.09 Å². The molecule has 3 rings (SSSR count). The third-order valence-corrected chi connectivity index (χ3v) is 4.39. The maximum Gasteiger partial charge on any atom is 0.412 e. The molecule has 1 amide bonds. The van der Waals surface area contributed by atoms with E-state index in [0.29, 0.717) is 24.3 Å². The molecule has 1 aliphatic heterocycles. The summed E-state index contributed by atoms with van der Waals surface area (Å²) in [7, 11) is 0. The molecule has 1 heterocycles. The van der Waals surface area contributed by atoms with Gasteiger partial charge in [0.15, 0.2) is 0 Å². The van der Waals surface area contributed by atoms with Crippen molar-refractivity contribution in [3.05, 3.63) is 12.2 Å². The Morgan fingerprint density at radius 1 is 1.33 bits per heavy atom. The van der Waals surface area contributed by atoms with Crippen LogP contribution in [0, 0.1) is 23.7 Å². The van der Waals surface area contributed by atoms with E-state index in [0.717, 1.165) is 6.42 Å². The summed E-state index contributed by atoms with van der Waals surface area (Å²) in [6.07, 6.45) is 4.54. The Kier molecular flexibility index (Phi) is 2.49. The van der Waals surface area contributed by atoms with Crippen LogP contribution >= 0.6 is 0 Å². The van der Waals surface area contributed by atoms with Gasteiger partial charge in [0, 0.05) is 12.5 Å². The van der Waals surface area contributed by atoms with E-state index in [1.165, 1.54) is 4.90 Å². The van der Waals surface area contributed by atoms with Gasteiger partial charge in [-0.25, -0.2) is 4.79 Å². The Labute approximate surface area is 108 Å². The highest BCUT2D eigenvalue weighted by molar-refractivity contribution is 5.69. The molecule has 100 valence electrons. The van der Waals surface area contributed by atoms with E-state index in [-0.39, 0.29) is 12.0 Å². The largest absolute Gasteiger partial charge is 0.444 e. The van der Waals surface area contributed by atoms with Crippen LogP contribution < -0.4 is 0 Å². The standard InChI is InChI=1S/C14H21NO3/c1-14(2,3)18-13(17)15-7-10-8-4-5-9(6-8)11(10)12(15)16/h4-5,8-12,16H,6-7H2,1-3H3. The number of rotatable bonds is 0. The lowest BCUT2D eigenvalue weighted by Gasteiger charge is -2.28. The summed E-state index contributed by atoms with van der Waals surface area (Å²) in [5.74, 6) is 1.62. The number of fused-ring (bicyclic) bond motifs is 5. The molecule has 2 bridgehead atoms. The molecule has 0 aromatic rings. The quantitative estimate of drug-likeness (QED) is 0.670. The van der Waals surface area contributed by atoms with Gasteiger partial charge in [-0.3, -0.25) is 4.90 Å². The number of amides is 1. The predicted molar refractivity (Wildman–Crippen MR) is 66.7 cm³/mol. The molecule has 1 saturated heterocycles. The summed E-state index contributed by atoms with van der Waals surface area (Å²) >= 11 is 0. The maximum absolute atomic E-state index is 12.1. The number of hydrogen-bond donors (Lipinski definition) is 1. The van der Waals surface area contributed by atoms with Gasteiger partial charge in [0.2, 0.25) is 0 Å². The molecular formula is C14H21NO3. The second-order valence-corrected chi connectivity index (χ2v) is 6.74. The van der Waals surface area contributed by atoms with Gasteiger partial charge in [-0.05, 0) is 44.9 Å². The number of carbonyl (C=O) groups is 1. The van der Waals surface area contributed by atoms with Crippen molar-refractivity contribution >= 4 is 6.09 Å². The highest BCUT2D eigenvalue weighted by Gasteiger charge is 2.55. The molecule has 5 unspecified atom stereocenters. The minimum absolute atomic E-state index is 0.215. The smallest absolute Gasteiger partial charge is 0.412 e. The van der Waals surface area contributed by atoms with Gasteiger partial charge in [-0.2, -0.15) is 0 Å². The van der Waals surface area contributed by atoms with Gasteiger partial charge in [-0.15, -0.1) is 0 Å². The molecule has 5 atom stereocenters. The van der Waals surface area contributed by atoms with Crippen LogP contribution in [-0.4, -0.2) is 34.5 Å². The number of hydrogen-bond acceptors (Lipinski definition) is 3.